The van der Waals surface area contributed by atoms with Crippen molar-refractivity contribution < 1.29 is 9.59 Å². The van der Waals surface area contributed by atoms with Gasteiger partial charge in [-0.25, -0.2) is 0 Å². The molecule has 2 aromatic rings. The summed E-state index contributed by atoms with van der Waals surface area (Å²) in [4.78, 5) is 26.4. The van der Waals surface area contributed by atoms with E-state index in [9.17, 15) is 9.59 Å². The first-order valence-corrected chi connectivity index (χ1v) is 7.29. The quantitative estimate of drug-likeness (QED) is 0.820. The number of benzene rings is 2. The van der Waals surface area contributed by atoms with E-state index in [2.05, 4.69) is 12.6 Å². The number of carbonyl (C=O) groups is 2. The average Bonchev–Trinajstić information content (AvgIpc) is 2.51. The van der Waals surface area contributed by atoms with Gasteiger partial charge in [-0.15, -0.1) is 0 Å². The molecular weight excluding hydrogens is 282 g/mol. The molecule has 0 spiro atoms. The summed E-state index contributed by atoms with van der Waals surface area (Å²) < 4.78 is 0. The summed E-state index contributed by atoms with van der Waals surface area (Å²) in [5, 5.41) is -0.564. The maximum atomic E-state index is 12.6. The van der Waals surface area contributed by atoms with Gasteiger partial charge in [0.15, 0.2) is 5.78 Å². The van der Waals surface area contributed by atoms with Crippen molar-refractivity contribution in [3.63, 3.8) is 0 Å². The summed E-state index contributed by atoms with van der Waals surface area (Å²) in [6.45, 7) is 1.52. The Bertz CT molecular complexity index is 699. The summed E-state index contributed by atoms with van der Waals surface area (Å²) in [5.41, 5.74) is 2.13. The van der Waals surface area contributed by atoms with Crippen molar-refractivity contribution in [3.05, 3.63) is 65.7 Å². The Morgan fingerprint density at radius 2 is 1.67 bits per heavy atom. The molecule has 1 aliphatic rings. The number of amides is 1. The van der Waals surface area contributed by atoms with Crippen molar-refractivity contribution >= 4 is 30.0 Å². The molecule has 0 fully saturated rings. The van der Waals surface area contributed by atoms with Gasteiger partial charge in [-0.05, 0) is 17.7 Å². The second-order valence-corrected chi connectivity index (χ2v) is 5.63. The molecule has 1 aliphatic heterocycles. The fourth-order valence-electron chi connectivity index (χ4n) is 2.83. The van der Waals surface area contributed by atoms with Crippen molar-refractivity contribution in [1.29, 1.82) is 0 Å². The highest BCUT2D eigenvalue weighted by molar-refractivity contribution is 7.82. The second kappa shape index (κ2) is 5.37. The van der Waals surface area contributed by atoms with Crippen molar-refractivity contribution in [2.24, 2.45) is 0 Å². The zero-order valence-electron chi connectivity index (χ0n) is 11.6. The normalized spacial score (nSPS) is 21.0. The molecule has 2 atom stereocenters. The molecule has 21 heavy (non-hydrogen) atoms. The van der Waals surface area contributed by atoms with E-state index in [4.69, 9.17) is 0 Å². The van der Waals surface area contributed by atoms with Gasteiger partial charge in [-0.1, -0.05) is 42.5 Å². The van der Waals surface area contributed by atoms with Gasteiger partial charge in [-0.2, -0.15) is 12.6 Å². The van der Waals surface area contributed by atoms with Gasteiger partial charge in [0, 0.05) is 12.5 Å². The van der Waals surface area contributed by atoms with Gasteiger partial charge >= 0.3 is 0 Å². The van der Waals surface area contributed by atoms with Crippen LogP contribution in [-0.2, 0) is 4.79 Å². The minimum absolute atomic E-state index is 0.0414. The SMILES string of the molecule is CC(=O)N1c2ccccc2C(=O)C(S)C1c1ccccc1. The number of para-hydroxylation sites is 1. The number of Topliss-reactive ketones (excluding diaryl/α,β-unsaturated/α-hetero) is 1. The third kappa shape index (κ3) is 2.25. The molecule has 0 radical (unpaired) electrons. The molecule has 3 rings (SSSR count). The second-order valence-electron chi connectivity index (χ2n) is 5.07. The van der Waals surface area contributed by atoms with Crippen LogP contribution in [0.5, 0.6) is 0 Å². The molecule has 0 saturated heterocycles. The van der Waals surface area contributed by atoms with E-state index >= 15 is 0 Å². The van der Waals surface area contributed by atoms with Crippen LogP contribution < -0.4 is 4.90 Å². The molecule has 0 aromatic heterocycles. The summed E-state index contributed by atoms with van der Waals surface area (Å²) in [6.07, 6.45) is 0. The monoisotopic (exact) mass is 297 g/mol. The largest absolute Gasteiger partial charge is 0.303 e. The topological polar surface area (TPSA) is 37.4 Å². The number of ketones is 1. The fraction of sp³-hybridized carbons (Fsp3) is 0.176. The molecule has 4 heteroatoms. The molecular formula is C17H15NO2S. The van der Waals surface area contributed by atoms with Crippen molar-refractivity contribution in [2.45, 2.75) is 18.2 Å². The van der Waals surface area contributed by atoms with Crippen molar-refractivity contribution in [3.8, 4) is 0 Å². The van der Waals surface area contributed by atoms with Crippen LogP contribution in [0.1, 0.15) is 28.9 Å². The van der Waals surface area contributed by atoms with Crippen molar-refractivity contribution in [2.75, 3.05) is 4.90 Å². The molecule has 0 saturated carbocycles. The standard InChI is InChI=1S/C17H15NO2S/c1-11(19)18-14-10-6-5-9-13(14)16(20)17(21)15(18)12-7-3-2-4-8-12/h2-10,15,17,21H,1H3. The Morgan fingerprint density at radius 1 is 1.05 bits per heavy atom. The number of fused-ring (bicyclic) bond motifs is 1. The lowest BCUT2D eigenvalue weighted by Gasteiger charge is -2.39. The average molecular weight is 297 g/mol. The Labute approximate surface area is 129 Å². The Balaban J connectivity index is 2.20. The number of hydrogen-bond acceptors (Lipinski definition) is 3. The summed E-state index contributed by atoms with van der Waals surface area (Å²) >= 11 is 4.50. The number of carbonyl (C=O) groups excluding carboxylic acids is 2. The Kier molecular flexibility index (Phi) is 3.55. The highest BCUT2D eigenvalue weighted by atomic mass is 32.1. The summed E-state index contributed by atoms with van der Waals surface area (Å²) in [6, 6.07) is 16.4. The van der Waals surface area contributed by atoms with Gasteiger partial charge in [0.05, 0.1) is 17.0 Å². The molecule has 2 aromatic carbocycles. The number of thiol groups is 1. The zero-order chi connectivity index (χ0) is 15.0. The number of hydrogen-bond donors (Lipinski definition) is 1. The van der Waals surface area contributed by atoms with E-state index in [1.54, 1.807) is 17.0 Å². The van der Waals surface area contributed by atoms with E-state index in [0.717, 1.165) is 5.56 Å². The van der Waals surface area contributed by atoms with E-state index in [1.807, 2.05) is 42.5 Å². The van der Waals surface area contributed by atoms with Gasteiger partial charge < -0.3 is 4.90 Å². The van der Waals surface area contributed by atoms with Crippen LogP contribution in [0.2, 0.25) is 0 Å². The molecule has 106 valence electrons. The number of nitrogens with zero attached hydrogens (tertiary/aromatic N) is 1. The smallest absolute Gasteiger partial charge is 0.224 e. The predicted octanol–water partition coefficient (Wildman–Crippen LogP) is 3.28. The van der Waals surface area contributed by atoms with Crippen LogP contribution in [0.4, 0.5) is 5.69 Å². The summed E-state index contributed by atoms with van der Waals surface area (Å²) in [5.74, 6) is -0.136. The molecule has 3 nitrogen and oxygen atoms in total. The van der Waals surface area contributed by atoms with E-state index in [-0.39, 0.29) is 17.7 Å². The third-order valence-electron chi connectivity index (χ3n) is 3.76. The van der Waals surface area contributed by atoms with Gasteiger partial charge in [-0.3, -0.25) is 9.59 Å². The predicted molar refractivity (Wildman–Crippen MR) is 85.9 cm³/mol. The van der Waals surface area contributed by atoms with E-state index in [1.165, 1.54) is 6.92 Å². The molecule has 1 heterocycles. The lowest BCUT2D eigenvalue weighted by Crippen LogP contribution is -2.45. The minimum atomic E-state index is -0.564. The van der Waals surface area contributed by atoms with Crippen LogP contribution in [0.3, 0.4) is 0 Å². The highest BCUT2D eigenvalue weighted by Gasteiger charge is 2.40. The van der Waals surface area contributed by atoms with Crippen LogP contribution in [0.15, 0.2) is 54.6 Å². The van der Waals surface area contributed by atoms with Crippen LogP contribution in [0.25, 0.3) is 0 Å². The minimum Gasteiger partial charge on any atom is -0.303 e. The van der Waals surface area contributed by atoms with Gasteiger partial charge in [0.1, 0.15) is 0 Å². The van der Waals surface area contributed by atoms with Crippen molar-refractivity contribution in [1.82, 2.24) is 0 Å². The Morgan fingerprint density at radius 3 is 2.33 bits per heavy atom. The first-order chi connectivity index (χ1) is 10.1. The maximum Gasteiger partial charge on any atom is 0.224 e. The summed E-state index contributed by atoms with van der Waals surface area (Å²) in [7, 11) is 0. The Hall–Kier alpha value is -2.07. The highest BCUT2D eigenvalue weighted by Crippen LogP contribution is 2.40. The molecule has 2 unspecified atom stereocenters. The maximum absolute atomic E-state index is 12.6. The molecule has 0 aliphatic carbocycles. The number of rotatable bonds is 1. The van der Waals surface area contributed by atoms with Crippen LogP contribution in [0, 0.1) is 0 Å². The lowest BCUT2D eigenvalue weighted by molar-refractivity contribution is -0.117. The lowest BCUT2D eigenvalue weighted by atomic mass is 9.89. The first-order valence-electron chi connectivity index (χ1n) is 6.77. The van der Waals surface area contributed by atoms with Crippen LogP contribution in [-0.4, -0.2) is 16.9 Å². The van der Waals surface area contributed by atoms with Gasteiger partial charge in [0.25, 0.3) is 0 Å². The van der Waals surface area contributed by atoms with E-state index < -0.39 is 5.25 Å². The molecule has 1 amide bonds. The fourth-order valence-corrected chi connectivity index (χ4v) is 3.28. The number of anilines is 1. The zero-order valence-corrected chi connectivity index (χ0v) is 12.5. The molecule has 0 N–H and O–H groups in total. The van der Waals surface area contributed by atoms with E-state index in [0.29, 0.717) is 11.3 Å². The van der Waals surface area contributed by atoms with Crippen LogP contribution >= 0.6 is 12.6 Å². The van der Waals surface area contributed by atoms with Gasteiger partial charge in [0.2, 0.25) is 5.91 Å². The third-order valence-corrected chi connectivity index (χ3v) is 4.27. The molecule has 0 bridgehead atoms. The first kappa shape index (κ1) is 13.9.